The van der Waals surface area contributed by atoms with Gasteiger partial charge in [-0.2, -0.15) is 0 Å². The van der Waals surface area contributed by atoms with Crippen LogP contribution < -0.4 is 9.67 Å². The van der Waals surface area contributed by atoms with Gasteiger partial charge in [0.1, 0.15) is 12.4 Å². The first-order chi connectivity index (χ1) is 14.6. The molecule has 0 aliphatic carbocycles. The highest BCUT2D eigenvalue weighted by atomic mass is 16.3. The Morgan fingerprint density at radius 3 is 2.47 bits per heavy atom. The van der Waals surface area contributed by atoms with Gasteiger partial charge in [-0.15, -0.1) is 6.58 Å². The van der Waals surface area contributed by atoms with Crippen LogP contribution in [0.4, 0.5) is 5.69 Å². The first-order valence-corrected chi connectivity index (χ1v) is 11.6. The molecule has 0 aliphatic rings. The Kier molecular flexibility index (Phi) is 10.4. The Morgan fingerprint density at radius 1 is 1.13 bits per heavy atom. The van der Waals surface area contributed by atoms with Gasteiger partial charge in [-0.1, -0.05) is 70.7 Å². The second-order valence-electron chi connectivity index (χ2n) is 8.23. The van der Waals surface area contributed by atoms with Gasteiger partial charge in [-0.05, 0) is 37.3 Å². The van der Waals surface area contributed by atoms with Crippen molar-refractivity contribution in [2.75, 3.05) is 0 Å². The monoisotopic (exact) mass is 409 g/mol. The van der Waals surface area contributed by atoms with Gasteiger partial charge < -0.3 is 5.11 Å². The topological polar surface area (TPSA) is 44.2 Å². The van der Waals surface area contributed by atoms with Crippen LogP contribution in [0.2, 0.25) is 0 Å². The van der Waals surface area contributed by atoms with Crippen molar-refractivity contribution in [2.24, 2.45) is 16.8 Å². The van der Waals surface area contributed by atoms with Crippen molar-refractivity contribution < 1.29 is 9.67 Å². The lowest BCUT2D eigenvalue weighted by atomic mass is 9.99. The maximum atomic E-state index is 13.3. The summed E-state index contributed by atoms with van der Waals surface area (Å²) in [6.07, 6.45) is 14.3. The van der Waals surface area contributed by atoms with E-state index in [-0.39, 0.29) is 5.90 Å². The Balaban J connectivity index is 2.35. The van der Waals surface area contributed by atoms with Gasteiger partial charge >= 0.3 is 0 Å². The predicted octanol–water partition coefficient (Wildman–Crippen LogP) is 5.42. The third kappa shape index (κ3) is 7.16. The quantitative estimate of drug-likeness (QED) is 0.178. The highest BCUT2D eigenvalue weighted by Crippen LogP contribution is 2.18. The van der Waals surface area contributed by atoms with Crippen molar-refractivity contribution in [3.05, 3.63) is 61.2 Å². The third-order valence-corrected chi connectivity index (χ3v) is 5.84. The van der Waals surface area contributed by atoms with Gasteiger partial charge in [0.15, 0.2) is 0 Å². The normalized spacial score (nSPS) is 13.9. The average Bonchev–Trinajstić information content (AvgIpc) is 3.16. The van der Waals surface area contributed by atoms with E-state index in [9.17, 15) is 5.11 Å². The van der Waals surface area contributed by atoms with Gasteiger partial charge in [0.25, 0.3) is 5.82 Å². The van der Waals surface area contributed by atoms with Crippen molar-refractivity contribution in [2.45, 2.75) is 78.8 Å². The summed E-state index contributed by atoms with van der Waals surface area (Å²) >= 11 is 0. The van der Waals surface area contributed by atoms with Crippen LogP contribution in [0.5, 0.6) is 0 Å². The molecule has 2 aromatic rings. The molecule has 4 nitrogen and oxygen atoms in total. The van der Waals surface area contributed by atoms with Crippen molar-refractivity contribution in [1.82, 2.24) is 4.57 Å². The van der Waals surface area contributed by atoms with E-state index >= 15 is 0 Å². The molecule has 0 saturated carbocycles. The standard InChI is InChI=1S/C26H39N3O/c1-5-9-14-22(7-3)20-28-18-19-29(21-23(8-4)15-10-6-2)26(28)25(30)27-24-16-12-11-13-17-24/h7,11-13,16-19,22-23H,3,5-6,8-10,14-15,20-21H2,1-2,4H3. The minimum atomic E-state index is -0.171. The smallest absolute Gasteiger partial charge is 0.292 e. The molecule has 4 heteroatoms. The SMILES string of the molecule is C=CC(CCCC)C[n+]1ccn(CC(CC)CCCC)c1C([O-])=Nc1ccccc1. The van der Waals surface area contributed by atoms with Crippen molar-refractivity contribution in [1.29, 1.82) is 0 Å². The molecule has 164 valence electrons. The molecule has 2 rings (SSSR count). The number of hydrogen-bond donors (Lipinski definition) is 0. The number of imidazole rings is 1. The number of allylic oxidation sites excluding steroid dienone is 1. The average molecular weight is 410 g/mol. The van der Waals surface area contributed by atoms with E-state index < -0.39 is 0 Å². The van der Waals surface area contributed by atoms with Crippen LogP contribution >= 0.6 is 0 Å². The molecule has 0 bridgehead atoms. The summed E-state index contributed by atoms with van der Waals surface area (Å²) in [7, 11) is 0. The Bertz CT molecular complexity index is 779. The molecule has 0 fully saturated rings. The van der Waals surface area contributed by atoms with E-state index in [0.29, 0.717) is 23.3 Å². The fraction of sp³-hybridized carbons (Fsp3) is 0.538. The van der Waals surface area contributed by atoms with Crippen molar-refractivity contribution >= 4 is 11.6 Å². The first-order valence-electron chi connectivity index (χ1n) is 11.6. The Morgan fingerprint density at radius 2 is 1.83 bits per heavy atom. The molecule has 30 heavy (non-hydrogen) atoms. The minimum absolute atomic E-state index is 0.171. The summed E-state index contributed by atoms with van der Waals surface area (Å²) in [5.41, 5.74) is 0.700. The molecule has 0 aliphatic heterocycles. The molecule has 0 radical (unpaired) electrons. The van der Waals surface area contributed by atoms with E-state index in [0.717, 1.165) is 25.9 Å². The number of rotatable bonds is 14. The van der Waals surface area contributed by atoms with Crippen LogP contribution in [-0.2, 0) is 13.1 Å². The second kappa shape index (κ2) is 13.0. The lowest BCUT2D eigenvalue weighted by Crippen LogP contribution is -2.45. The molecule has 0 spiro atoms. The number of nitrogens with zero attached hydrogens (tertiary/aromatic N) is 3. The number of aliphatic imine (C=N–C) groups is 1. The first kappa shape index (κ1) is 23.9. The van der Waals surface area contributed by atoms with Crippen LogP contribution in [0.15, 0.2) is 60.4 Å². The second-order valence-corrected chi connectivity index (χ2v) is 8.23. The van der Waals surface area contributed by atoms with Gasteiger partial charge in [-0.3, -0.25) is 4.99 Å². The van der Waals surface area contributed by atoms with E-state index in [2.05, 4.69) is 47.7 Å². The van der Waals surface area contributed by atoms with Gasteiger partial charge in [0, 0.05) is 5.92 Å². The van der Waals surface area contributed by atoms with Crippen LogP contribution in [0.25, 0.3) is 0 Å². The van der Waals surface area contributed by atoms with Crippen LogP contribution in [0.3, 0.4) is 0 Å². The largest absolute Gasteiger partial charge is 0.853 e. The molecule has 0 amide bonds. The molecule has 1 aromatic heterocycles. The highest BCUT2D eigenvalue weighted by molar-refractivity contribution is 5.87. The molecule has 0 saturated heterocycles. The molecule has 2 atom stereocenters. The zero-order chi connectivity index (χ0) is 21.8. The molecule has 2 unspecified atom stereocenters. The molecule has 1 aromatic carbocycles. The fourth-order valence-corrected chi connectivity index (χ4v) is 3.88. The van der Waals surface area contributed by atoms with Gasteiger partial charge in [0.05, 0.1) is 24.7 Å². The number of benzene rings is 1. The number of aromatic nitrogens is 2. The van der Waals surface area contributed by atoms with Gasteiger partial charge in [0.2, 0.25) is 0 Å². The Hall–Kier alpha value is -2.36. The van der Waals surface area contributed by atoms with E-state index in [1.807, 2.05) is 42.6 Å². The summed E-state index contributed by atoms with van der Waals surface area (Å²) in [6.45, 7) is 12.3. The zero-order valence-electron chi connectivity index (χ0n) is 19.1. The summed E-state index contributed by atoms with van der Waals surface area (Å²) in [5.74, 6) is 1.44. The maximum Gasteiger partial charge on any atom is 0.292 e. The van der Waals surface area contributed by atoms with Crippen LogP contribution in [0.1, 0.15) is 71.5 Å². The zero-order valence-corrected chi connectivity index (χ0v) is 19.1. The predicted molar refractivity (Wildman–Crippen MR) is 124 cm³/mol. The van der Waals surface area contributed by atoms with E-state index in [1.54, 1.807) is 0 Å². The minimum Gasteiger partial charge on any atom is -0.853 e. The molecular formula is C26H39N3O. The number of para-hydroxylation sites is 1. The lowest BCUT2D eigenvalue weighted by Gasteiger charge is -2.17. The maximum absolute atomic E-state index is 13.3. The fourth-order valence-electron chi connectivity index (χ4n) is 3.88. The molecule has 1 heterocycles. The van der Waals surface area contributed by atoms with E-state index in [1.165, 1.54) is 32.1 Å². The third-order valence-electron chi connectivity index (χ3n) is 5.84. The number of unbranched alkanes of at least 4 members (excludes halogenated alkanes) is 2. The lowest BCUT2D eigenvalue weighted by molar-refractivity contribution is -0.704. The Labute approximate surface area is 183 Å². The summed E-state index contributed by atoms with van der Waals surface area (Å²) in [5, 5.41) is 13.3. The van der Waals surface area contributed by atoms with E-state index in [4.69, 9.17) is 0 Å². The van der Waals surface area contributed by atoms with Gasteiger partial charge in [-0.25, -0.2) is 9.13 Å². The highest BCUT2D eigenvalue weighted by Gasteiger charge is 2.22. The molecule has 0 N–H and O–H groups in total. The number of hydrogen-bond acceptors (Lipinski definition) is 2. The van der Waals surface area contributed by atoms with Crippen LogP contribution in [-0.4, -0.2) is 10.5 Å². The summed E-state index contributed by atoms with van der Waals surface area (Å²) in [6, 6.07) is 9.51. The summed E-state index contributed by atoms with van der Waals surface area (Å²) < 4.78 is 4.21. The van der Waals surface area contributed by atoms with Crippen molar-refractivity contribution in [3.8, 4) is 0 Å². The summed E-state index contributed by atoms with van der Waals surface area (Å²) in [4.78, 5) is 4.41. The molecular weight excluding hydrogens is 370 g/mol. The van der Waals surface area contributed by atoms with Crippen molar-refractivity contribution in [3.63, 3.8) is 0 Å². The van der Waals surface area contributed by atoms with Crippen LogP contribution in [0, 0.1) is 11.8 Å².